The van der Waals surface area contributed by atoms with E-state index in [2.05, 4.69) is 29.9 Å². The highest BCUT2D eigenvalue weighted by molar-refractivity contribution is 7.93. The van der Waals surface area contributed by atoms with Gasteiger partial charge in [-0.15, -0.1) is 10.2 Å². The molecule has 3 unspecified atom stereocenters. The zero-order valence-electron chi connectivity index (χ0n) is 21.6. The molecule has 0 saturated carbocycles. The van der Waals surface area contributed by atoms with Crippen molar-refractivity contribution in [2.24, 2.45) is 0 Å². The summed E-state index contributed by atoms with van der Waals surface area (Å²) in [5.41, 5.74) is 2.19. The number of rotatable bonds is 11. The van der Waals surface area contributed by atoms with E-state index in [0.717, 1.165) is 5.56 Å². The highest BCUT2D eigenvalue weighted by Gasteiger charge is 2.34. The lowest BCUT2D eigenvalue weighted by molar-refractivity contribution is 0.0558. The second-order valence-electron chi connectivity index (χ2n) is 8.18. The van der Waals surface area contributed by atoms with Crippen molar-refractivity contribution in [1.29, 1.82) is 0 Å². The third-order valence-corrected chi connectivity index (χ3v) is 7.12. The predicted octanol–water partition coefficient (Wildman–Crippen LogP) is 4.34. The van der Waals surface area contributed by atoms with Crippen molar-refractivity contribution in [2.45, 2.75) is 32.1 Å². The number of hydrogen-bond donors (Lipinski definition) is 1. The minimum absolute atomic E-state index is 0.210. The highest BCUT2D eigenvalue weighted by Crippen LogP contribution is 2.38. The van der Waals surface area contributed by atoms with Crippen LogP contribution >= 0.6 is 11.6 Å². The molecule has 3 heterocycles. The number of anilines is 1. The largest absolute Gasteiger partial charge is 0.593 e. The van der Waals surface area contributed by atoms with Crippen LogP contribution < -0.4 is 14.2 Å². The molecule has 0 saturated heterocycles. The Kier molecular flexibility index (Phi) is 9.00. The van der Waals surface area contributed by atoms with Gasteiger partial charge in [-0.3, -0.25) is 9.55 Å². The summed E-state index contributed by atoms with van der Waals surface area (Å²) in [7, 11) is 3.12. The molecule has 0 amide bonds. The van der Waals surface area contributed by atoms with E-state index in [0.29, 0.717) is 46.0 Å². The number of nitrogens with zero attached hydrogens (tertiary/aromatic N) is 6. The second kappa shape index (κ2) is 12.4. The van der Waals surface area contributed by atoms with E-state index in [-0.39, 0.29) is 5.95 Å². The van der Waals surface area contributed by atoms with Gasteiger partial charge < -0.3 is 18.8 Å². The van der Waals surface area contributed by atoms with E-state index in [9.17, 15) is 4.55 Å². The summed E-state index contributed by atoms with van der Waals surface area (Å²) >= 11 is 4.24. The van der Waals surface area contributed by atoms with Crippen LogP contribution in [0, 0.1) is 6.92 Å². The minimum atomic E-state index is -1.71. The van der Waals surface area contributed by atoms with Gasteiger partial charge in [0.15, 0.2) is 23.0 Å². The van der Waals surface area contributed by atoms with Crippen molar-refractivity contribution in [1.82, 2.24) is 29.7 Å². The molecule has 200 valence electrons. The lowest BCUT2D eigenvalue weighted by Gasteiger charge is -2.25. The maximum atomic E-state index is 13.6. The van der Waals surface area contributed by atoms with E-state index in [1.165, 1.54) is 12.4 Å². The molecule has 0 bridgehead atoms. The van der Waals surface area contributed by atoms with Crippen LogP contribution in [0.5, 0.6) is 11.5 Å². The zero-order valence-corrected chi connectivity index (χ0v) is 23.2. The number of aromatic nitrogens is 6. The molecule has 0 fully saturated rings. The van der Waals surface area contributed by atoms with Gasteiger partial charge in [-0.2, -0.15) is 4.72 Å². The van der Waals surface area contributed by atoms with E-state index in [1.54, 1.807) is 50.2 Å². The van der Waals surface area contributed by atoms with E-state index < -0.39 is 22.7 Å². The SMILES string of the molecule is CCOC(c1ncc(Cl)cn1)C(C)[S+]([O-])Nc1nnc(-c2cncc(C)c2)n1-c1c(OC)cccc1OC. The Morgan fingerprint density at radius 3 is 2.37 bits per heavy atom. The monoisotopic (exact) mass is 557 g/mol. The summed E-state index contributed by atoms with van der Waals surface area (Å²) < 4.78 is 35.5. The van der Waals surface area contributed by atoms with Crippen molar-refractivity contribution in [3.05, 3.63) is 65.5 Å². The summed E-state index contributed by atoms with van der Waals surface area (Å²) in [6.07, 6.45) is 5.72. The Balaban J connectivity index is 1.78. The van der Waals surface area contributed by atoms with Crippen molar-refractivity contribution in [3.63, 3.8) is 0 Å². The van der Waals surface area contributed by atoms with Crippen LogP contribution in [0.15, 0.2) is 49.1 Å². The van der Waals surface area contributed by atoms with Crippen molar-refractivity contribution in [3.8, 4) is 28.6 Å². The molecule has 13 heteroatoms. The average molecular weight is 558 g/mol. The summed E-state index contributed by atoms with van der Waals surface area (Å²) in [6, 6.07) is 7.33. The van der Waals surface area contributed by atoms with Gasteiger partial charge in [0.1, 0.15) is 17.2 Å². The smallest absolute Gasteiger partial charge is 0.271 e. The van der Waals surface area contributed by atoms with E-state index >= 15 is 0 Å². The second-order valence-corrected chi connectivity index (χ2v) is 10.2. The Morgan fingerprint density at radius 1 is 1.08 bits per heavy atom. The first-order chi connectivity index (χ1) is 18.4. The topological polar surface area (TPSA) is 132 Å². The fourth-order valence-corrected chi connectivity index (χ4v) is 4.86. The van der Waals surface area contributed by atoms with Gasteiger partial charge in [-0.05, 0) is 44.5 Å². The third-order valence-electron chi connectivity index (χ3n) is 5.62. The Hall–Kier alpha value is -3.45. The highest BCUT2D eigenvalue weighted by atomic mass is 35.5. The standard InChI is InChI=1S/C25H28ClN7O4S/c1-6-37-22(23-28-13-18(26)14-29-23)16(3)38(34)32-25-31-30-24(17-10-15(2)11-27-12-17)33(25)21-19(35-4)8-7-9-20(21)36-5/h7-14,16,22H,6H2,1-5H3,(H,31,32). The third kappa shape index (κ3) is 5.83. The van der Waals surface area contributed by atoms with Crippen LogP contribution in [0.4, 0.5) is 5.95 Å². The lowest BCUT2D eigenvalue weighted by Crippen LogP contribution is -2.34. The van der Waals surface area contributed by atoms with Gasteiger partial charge in [0.2, 0.25) is 0 Å². The zero-order chi connectivity index (χ0) is 27.2. The molecule has 3 aromatic heterocycles. The first-order valence-electron chi connectivity index (χ1n) is 11.7. The first kappa shape index (κ1) is 27.6. The van der Waals surface area contributed by atoms with Crippen LogP contribution in [0.3, 0.4) is 0 Å². The Bertz CT molecular complexity index is 1350. The van der Waals surface area contributed by atoms with Crippen molar-refractivity contribution < 1.29 is 18.8 Å². The summed E-state index contributed by atoms with van der Waals surface area (Å²) in [5, 5.41) is 8.57. The average Bonchev–Trinajstić information content (AvgIpc) is 3.34. The molecule has 4 rings (SSSR count). The molecule has 0 spiro atoms. The van der Waals surface area contributed by atoms with Crippen LogP contribution in [0.1, 0.15) is 31.3 Å². The van der Waals surface area contributed by atoms with Gasteiger partial charge in [-0.25, -0.2) is 9.97 Å². The molecule has 38 heavy (non-hydrogen) atoms. The summed E-state index contributed by atoms with van der Waals surface area (Å²) in [5.74, 6) is 2.06. The number of nitrogens with one attached hydrogen (secondary N) is 1. The molecule has 3 atom stereocenters. The molecular weight excluding hydrogens is 530 g/mol. The van der Waals surface area contributed by atoms with Crippen molar-refractivity contribution >= 4 is 28.9 Å². The fourth-order valence-electron chi connectivity index (χ4n) is 3.84. The normalized spacial score (nSPS) is 13.6. The van der Waals surface area contributed by atoms with Crippen LogP contribution in [-0.2, 0) is 16.1 Å². The number of aryl methyl sites for hydroxylation is 1. The maximum absolute atomic E-state index is 13.6. The first-order valence-corrected chi connectivity index (χ1v) is 13.3. The van der Waals surface area contributed by atoms with Gasteiger partial charge >= 0.3 is 0 Å². The van der Waals surface area contributed by atoms with Gasteiger partial charge in [0.25, 0.3) is 5.95 Å². The predicted molar refractivity (Wildman–Crippen MR) is 145 cm³/mol. The molecule has 4 aromatic rings. The number of pyridine rings is 1. The molecule has 0 aliphatic rings. The molecule has 1 aromatic carbocycles. The number of halogens is 1. The quantitative estimate of drug-likeness (QED) is 0.265. The number of hydrogen-bond acceptors (Lipinski definition) is 10. The molecule has 1 N–H and O–H groups in total. The van der Waals surface area contributed by atoms with Crippen LogP contribution in [0.2, 0.25) is 5.02 Å². The van der Waals surface area contributed by atoms with Gasteiger partial charge in [0, 0.05) is 37.0 Å². The Labute approximate surface area is 228 Å². The van der Waals surface area contributed by atoms with Gasteiger partial charge in [-0.1, -0.05) is 17.7 Å². The van der Waals surface area contributed by atoms with E-state index in [4.69, 9.17) is 25.8 Å². The lowest BCUT2D eigenvalue weighted by atomic mass is 10.2. The minimum Gasteiger partial charge on any atom is -0.593 e. The number of benzene rings is 1. The maximum Gasteiger partial charge on any atom is 0.271 e. The molecule has 0 aliphatic carbocycles. The van der Waals surface area contributed by atoms with E-state index in [1.807, 2.05) is 26.0 Å². The number of methoxy groups -OCH3 is 2. The molecule has 11 nitrogen and oxygen atoms in total. The summed E-state index contributed by atoms with van der Waals surface area (Å²) in [6.45, 7) is 5.93. The number of para-hydroxylation sites is 1. The van der Waals surface area contributed by atoms with Gasteiger partial charge in [0.05, 0.1) is 30.6 Å². The van der Waals surface area contributed by atoms with Crippen molar-refractivity contribution in [2.75, 3.05) is 25.5 Å². The number of ether oxygens (including phenoxy) is 3. The van der Waals surface area contributed by atoms with Crippen LogP contribution in [0.25, 0.3) is 17.1 Å². The molecular formula is C25H28ClN7O4S. The Morgan fingerprint density at radius 2 is 1.76 bits per heavy atom. The summed E-state index contributed by atoms with van der Waals surface area (Å²) in [4.78, 5) is 12.8. The molecule has 0 radical (unpaired) electrons. The molecule has 0 aliphatic heterocycles. The fraction of sp³-hybridized carbons (Fsp3) is 0.320. The van der Waals surface area contributed by atoms with Crippen LogP contribution in [-0.4, -0.2) is 60.3 Å².